The molecule has 1 fully saturated rings. The van der Waals surface area contributed by atoms with Crippen LogP contribution in [0.2, 0.25) is 0 Å². The predicted octanol–water partition coefficient (Wildman–Crippen LogP) is 1.17. The van der Waals surface area contributed by atoms with Crippen molar-refractivity contribution in [1.82, 2.24) is 18.8 Å². The molecule has 1 N–H and O–H groups in total. The molecule has 2 aromatic heterocycles. The molecule has 0 aliphatic carbocycles. The zero-order valence-electron chi connectivity index (χ0n) is 18.3. The minimum absolute atomic E-state index is 0.0432. The second-order valence-corrected chi connectivity index (χ2v) is 9.88. The Morgan fingerprint density at radius 3 is 2.48 bits per heavy atom. The standard InChI is InChI=1S/C22H26N4O6S/c1-24-19-9-8-17(33(30,31)23-14-16-7-6-12-32-16)13-18(19)21(28)26(22(24)29)15-20(27)25-10-4-2-3-5-11-25/h6-9,12-13,23H,2-5,10-11,14-15H2,1H3. The Balaban J connectivity index is 1.68. The third kappa shape index (κ3) is 4.79. The Kier molecular flexibility index (Phi) is 6.52. The highest BCUT2D eigenvalue weighted by Crippen LogP contribution is 2.16. The summed E-state index contributed by atoms with van der Waals surface area (Å²) >= 11 is 0. The van der Waals surface area contributed by atoms with E-state index in [0.717, 1.165) is 30.3 Å². The number of aromatic nitrogens is 2. The first-order chi connectivity index (χ1) is 15.8. The molecule has 1 aliphatic heterocycles. The van der Waals surface area contributed by atoms with Crippen LogP contribution in [0.25, 0.3) is 10.9 Å². The Labute approximate surface area is 190 Å². The van der Waals surface area contributed by atoms with Crippen LogP contribution in [-0.2, 0) is 35.0 Å². The van der Waals surface area contributed by atoms with E-state index in [1.54, 1.807) is 17.0 Å². The monoisotopic (exact) mass is 474 g/mol. The van der Waals surface area contributed by atoms with Gasteiger partial charge in [-0.05, 0) is 43.2 Å². The van der Waals surface area contributed by atoms with Crippen molar-refractivity contribution in [1.29, 1.82) is 0 Å². The van der Waals surface area contributed by atoms with Gasteiger partial charge in [0.05, 0.1) is 28.6 Å². The molecule has 33 heavy (non-hydrogen) atoms. The first-order valence-electron chi connectivity index (χ1n) is 10.8. The molecule has 1 aromatic carbocycles. The number of hydrogen-bond donors (Lipinski definition) is 1. The van der Waals surface area contributed by atoms with Gasteiger partial charge in [0.1, 0.15) is 12.3 Å². The van der Waals surface area contributed by atoms with E-state index in [0.29, 0.717) is 18.8 Å². The molecule has 1 aliphatic rings. The summed E-state index contributed by atoms with van der Waals surface area (Å²) in [6.45, 7) is 0.779. The fraction of sp³-hybridized carbons (Fsp3) is 0.409. The molecule has 1 amide bonds. The van der Waals surface area contributed by atoms with Gasteiger partial charge in [-0.15, -0.1) is 0 Å². The molecule has 0 unspecified atom stereocenters. The van der Waals surface area contributed by atoms with E-state index in [9.17, 15) is 22.8 Å². The number of amides is 1. The number of rotatable bonds is 6. The molecule has 3 heterocycles. The highest BCUT2D eigenvalue weighted by molar-refractivity contribution is 7.89. The summed E-state index contributed by atoms with van der Waals surface area (Å²) in [6.07, 6.45) is 5.32. The van der Waals surface area contributed by atoms with Crippen molar-refractivity contribution in [3.8, 4) is 0 Å². The number of carbonyl (C=O) groups excluding carboxylic acids is 1. The lowest BCUT2D eigenvalue weighted by molar-refractivity contribution is -0.131. The Morgan fingerprint density at radius 1 is 1.09 bits per heavy atom. The van der Waals surface area contributed by atoms with E-state index in [2.05, 4.69) is 4.72 Å². The van der Waals surface area contributed by atoms with E-state index < -0.39 is 21.3 Å². The zero-order valence-corrected chi connectivity index (χ0v) is 19.1. The van der Waals surface area contributed by atoms with Crippen LogP contribution >= 0.6 is 0 Å². The quantitative estimate of drug-likeness (QED) is 0.572. The maximum absolute atomic E-state index is 13.2. The molecule has 0 radical (unpaired) electrons. The van der Waals surface area contributed by atoms with Crippen molar-refractivity contribution >= 4 is 26.8 Å². The van der Waals surface area contributed by atoms with Crippen LogP contribution in [0.15, 0.2) is 55.5 Å². The largest absolute Gasteiger partial charge is 0.468 e. The van der Waals surface area contributed by atoms with Gasteiger partial charge in [0.15, 0.2) is 0 Å². The normalized spacial score (nSPS) is 15.0. The van der Waals surface area contributed by atoms with Gasteiger partial charge in [0, 0.05) is 20.1 Å². The summed E-state index contributed by atoms with van der Waals surface area (Å²) in [5, 5.41) is 0.0432. The summed E-state index contributed by atoms with van der Waals surface area (Å²) in [5.41, 5.74) is -1.03. The van der Waals surface area contributed by atoms with Gasteiger partial charge in [0.25, 0.3) is 5.56 Å². The van der Waals surface area contributed by atoms with E-state index >= 15 is 0 Å². The molecule has 11 heteroatoms. The number of carbonyl (C=O) groups is 1. The van der Waals surface area contributed by atoms with Gasteiger partial charge in [-0.3, -0.25) is 18.7 Å². The van der Waals surface area contributed by atoms with Crippen molar-refractivity contribution in [3.05, 3.63) is 63.2 Å². The smallest absolute Gasteiger partial charge is 0.331 e. The molecule has 3 aromatic rings. The third-order valence-corrected chi connectivity index (χ3v) is 7.30. The molecule has 0 bridgehead atoms. The first-order valence-corrected chi connectivity index (χ1v) is 12.3. The summed E-state index contributed by atoms with van der Waals surface area (Å²) in [6, 6.07) is 7.27. The van der Waals surface area contributed by atoms with Gasteiger partial charge in [-0.1, -0.05) is 12.8 Å². The summed E-state index contributed by atoms with van der Waals surface area (Å²) in [5.74, 6) is 0.149. The number of furan rings is 1. The molecule has 1 saturated heterocycles. The predicted molar refractivity (Wildman–Crippen MR) is 121 cm³/mol. The number of aryl methyl sites for hydroxylation is 1. The molecular formula is C22H26N4O6S. The lowest BCUT2D eigenvalue weighted by atomic mass is 10.2. The minimum atomic E-state index is -3.95. The first kappa shape index (κ1) is 23.0. The third-order valence-electron chi connectivity index (χ3n) is 5.90. The lowest BCUT2D eigenvalue weighted by Crippen LogP contribution is -2.44. The van der Waals surface area contributed by atoms with Crippen molar-refractivity contribution in [2.24, 2.45) is 7.05 Å². The zero-order chi connectivity index (χ0) is 23.6. The molecule has 176 valence electrons. The van der Waals surface area contributed by atoms with Crippen LogP contribution in [-0.4, -0.2) is 41.4 Å². The topological polar surface area (TPSA) is 124 Å². The average molecular weight is 475 g/mol. The van der Waals surface area contributed by atoms with Crippen LogP contribution in [0.3, 0.4) is 0 Å². The number of nitrogens with one attached hydrogen (secondary N) is 1. The maximum Gasteiger partial charge on any atom is 0.331 e. The second kappa shape index (κ2) is 9.36. The number of hydrogen-bond acceptors (Lipinski definition) is 6. The molecule has 4 rings (SSSR count). The summed E-state index contributed by atoms with van der Waals surface area (Å²) < 4.78 is 35.2. The fourth-order valence-corrected chi connectivity index (χ4v) is 5.04. The van der Waals surface area contributed by atoms with E-state index in [1.807, 2.05) is 0 Å². The molecule has 10 nitrogen and oxygen atoms in total. The van der Waals surface area contributed by atoms with Gasteiger partial charge in [-0.2, -0.15) is 0 Å². The number of benzene rings is 1. The summed E-state index contributed by atoms with van der Waals surface area (Å²) in [4.78, 5) is 40.3. The van der Waals surface area contributed by atoms with Gasteiger partial charge >= 0.3 is 5.69 Å². The van der Waals surface area contributed by atoms with Crippen molar-refractivity contribution in [2.45, 2.75) is 43.7 Å². The van der Waals surface area contributed by atoms with E-state index in [4.69, 9.17) is 4.42 Å². The second-order valence-electron chi connectivity index (χ2n) is 8.11. The van der Waals surface area contributed by atoms with E-state index in [1.165, 1.54) is 36.1 Å². The maximum atomic E-state index is 13.2. The van der Waals surface area contributed by atoms with Gasteiger partial charge in [0.2, 0.25) is 15.9 Å². The van der Waals surface area contributed by atoms with Crippen LogP contribution in [0.5, 0.6) is 0 Å². The fourth-order valence-electron chi connectivity index (χ4n) is 4.02. The summed E-state index contributed by atoms with van der Waals surface area (Å²) in [7, 11) is -2.46. The molecule has 0 spiro atoms. The van der Waals surface area contributed by atoms with Crippen molar-refractivity contribution in [2.75, 3.05) is 13.1 Å². The lowest BCUT2D eigenvalue weighted by Gasteiger charge is -2.21. The molecule has 0 atom stereocenters. The van der Waals surface area contributed by atoms with Crippen LogP contribution in [0, 0.1) is 0 Å². The number of fused-ring (bicyclic) bond motifs is 1. The number of likely N-dealkylation sites (tertiary alicyclic amines) is 1. The Hall–Kier alpha value is -3.18. The number of sulfonamides is 1. The van der Waals surface area contributed by atoms with Gasteiger partial charge in [-0.25, -0.2) is 17.9 Å². The number of nitrogens with zero attached hydrogens (tertiary/aromatic N) is 3. The van der Waals surface area contributed by atoms with Crippen LogP contribution in [0.4, 0.5) is 0 Å². The molecular weight excluding hydrogens is 448 g/mol. The van der Waals surface area contributed by atoms with Gasteiger partial charge < -0.3 is 9.32 Å². The average Bonchev–Trinajstić information content (AvgIpc) is 3.18. The van der Waals surface area contributed by atoms with Crippen LogP contribution in [0.1, 0.15) is 31.4 Å². The van der Waals surface area contributed by atoms with Crippen LogP contribution < -0.4 is 16.0 Å². The van der Waals surface area contributed by atoms with Crippen molar-refractivity contribution in [3.63, 3.8) is 0 Å². The van der Waals surface area contributed by atoms with Crippen molar-refractivity contribution < 1.29 is 17.6 Å². The Morgan fingerprint density at radius 2 is 1.82 bits per heavy atom. The minimum Gasteiger partial charge on any atom is -0.468 e. The Bertz CT molecular complexity index is 1380. The van der Waals surface area contributed by atoms with E-state index in [-0.39, 0.29) is 34.8 Å². The highest BCUT2D eigenvalue weighted by Gasteiger charge is 2.21. The molecule has 0 saturated carbocycles. The SMILES string of the molecule is Cn1c(=O)n(CC(=O)N2CCCCCC2)c(=O)c2cc(S(=O)(=O)NCc3ccco3)ccc21. The highest BCUT2D eigenvalue weighted by atomic mass is 32.2.